The van der Waals surface area contributed by atoms with Gasteiger partial charge in [0.25, 0.3) is 0 Å². The van der Waals surface area contributed by atoms with Crippen molar-refractivity contribution in [1.29, 1.82) is 0 Å². The number of methoxy groups -OCH3 is 2. The van der Waals surface area contributed by atoms with Gasteiger partial charge < -0.3 is 19.1 Å². The molecule has 0 saturated heterocycles. The van der Waals surface area contributed by atoms with Crippen LogP contribution >= 0.6 is 0 Å². The molecule has 1 N–H and O–H groups in total. The van der Waals surface area contributed by atoms with Gasteiger partial charge in [-0.05, 0) is 32.0 Å². The van der Waals surface area contributed by atoms with Gasteiger partial charge in [-0.15, -0.1) is 0 Å². The summed E-state index contributed by atoms with van der Waals surface area (Å²) >= 11 is 0. The minimum absolute atomic E-state index is 0.336. The number of esters is 1. The Kier molecular flexibility index (Phi) is 6.87. The number of likely N-dealkylation sites (N-methyl/N-ethyl adjacent to an activating group) is 1. The molecule has 0 unspecified atom stereocenters. The number of hydrogen-bond acceptors (Lipinski definition) is 4. The number of rotatable bonds is 8. The minimum atomic E-state index is -0.336. The maximum atomic E-state index is 11.9. The number of quaternary nitrogens is 1. The topological polar surface area (TPSA) is 49.2 Å². The lowest BCUT2D eigenvalue weighted by Crippen LogP contribution is -3.11. The van der Waals surface area contributed by atoms with E-state index in [1.807, 2.05) is 0 Å². The second kappa shape index (κ2) is 8.43. The van der Waals surface area contributed by atoms with Crippen molar-refractivity contribution in [2.24, 2.45) is 0 Å². The molecule has 0 spiro atoms. The van der Waals surface area contributed by atoms with Gasteiger partial charge in [-0.1, -0.05) is 0 Å². The van der Waals surface area contributed by atoms with Crippen LogP contribution in [0.1, 0.15) is 24.2 Å². The molecule has 1 rings (SSSR count). The third-order valence-electron chi connectivity index (χ3n) is 3.31. The number of hydrogen-bond donors (Lipinski definition) is 1. The van der Waals surface area contributed by atoms with Crippen LogP contribution in [0.15, 0.2) is 18.2 Å². The zero-order chi connectivity index (χ0) is 15.0. The summed E-state index contributed by atoms with van der Waals surface area (Å²) in [7, 11) is 3.10. The number of benzene rings is 1. The number of carbonyl (C=O) groups excluding carboxylic acids is 1. The van der Waals surface area contributed by atoms with Crippen molar-refractivity contribution in [1.82, 2.24) is 0 Å². The van der Waals surface area contributed by atoms with Crippen LogP contribution in [-0.2, 0) is 4.74 Å². The lowest BCUT2D eigenvalue weighted by molar-refractivity contribution is -0.896. The van der Waals surface area contributed by atoms with Crippen molar-refractivity contribution < 1.29 is 23.9 Å². The normalized spacial score (nSPS) is 10.4. The Morgan fingerprint density at radius 3 is 2.30 bits per heavy atom. The van der Waals surface area contributed by atoms with Crippen molar-refractivity contribution in [3.8, 4) is 11.5 Å². The van der Waals surface area contributed by atoms with E-state index in [1.54, 1.807) is 25.3 Å². The van der Waals surface area contributed by atoms with E-state index in [1.165, 1.54) is 12.0 Å². The molecular weight excluding hydrogens is 258 g/mol. The van der Waals surface area contributed by atoms with E-state index < -0.39 is 0 Å². The fourth-order valence-corrected chi connectivity index (χ4v) is 1.94. The summed E-state index contributed by atoms with van der Waals surface area (Å²) in [5.41, 5.74) is 0.470. The summed E-state index contributed by atoms with van der Waals surface area (Å²) in [5.74, 6) is 0.783. The highest BCUT2D eigenvalue weighted by atomic mass is 16.5. The molecule has 0 bridgehead atoms. The van der Waals surface area contributed by atoms with Crippen LogP contribution in [0, 0.1) is 0 Å². The van der Waals surface area contributed by atoms with E-state index in [-0.39, 0.29) is 5.97 Å². The summed E-state index contributed by atoms with van der Waals surface area (Å²) in [4.78, 5) is 13.4. The molecule has 0 amide bonds. The van der Waals surface area contributed by atoms with Crippen LogP contribution in [0.5, 0.6) is 11.5 Å². The molecular formula is C15H24NO4+. The van der Waals surface area contributed by atoms with Gasteiger partial charge in [0, 0.05) is 0 Å². The lowest BCUT2D eigenvalue weighted by Gasteiger charge is -2.15. The van der Waals surface area contributed by atoms with Crippen LogP contribution in [-0.4, -0.2) is 46.4 Å². The first-order valence-electron chi connectivity index (χ1n) is 6.88. The predicted octanol–water partition coefficient (Wildman–Crippen LogP) is 0.785. The van der Waals surface area contributed by atoms with Gasteiger partial charge in [0.05, 0.1) is 32.9 Å². The highest BCUT2D eigenvalue weighted by Crippen LogP contribution is 2.27. The van der Waals surface area contributed by atoms with E-state index >= 15 is 0 Å². The average molecular weight is 282 g/mol. The second-order valence-corrected chi connectivity index (χ2v) is 4.41. The maximum absolute atomic E-state index is 11.9. The SMILES string of the molecule is CC[NH+](CC)CCOC(=O)c1ccc(OC)c(OC)c1. The third kappa shape index (κ3) is 4.42. The number of nitrogens with one attached hydrogen (secondary N) is 1. The van der Waals surface area contributed by atoms with E-state index in [0.29, 0.717) is 23.7 Å². The summed E-state index contributed by atoms with van der Waals surface area (Å²) in [6.45, 7) is 7.55. The van der Waals surface area contributed by atoms with Gasteiger partial charge in [0.1, 0.15) is 13.2 Å². The quantitative estimate of drug-likeness (QED) is 0.716. The van der Waals surface area contributed by atoms with Gasteiger partial charge in [-0.2, -0.15) is 0 Å². The molecule has 1 aromatic carbocycles. The van der Waals surface area contributed by atoms with Gasteiger partial charge in [-0.25, -0.2) is 4.79 Å². The summed E-state index contributed by atoms with van der Waals surface area (Å²) in [6, 6.07) is 5.00. The van der Waals surface area contributed by atoms with Crippen LogP contribution in [0.4, 0.5) is 0 Å². The lowest BCUT2D eigenvalue weighted by atomic mass is 10.2. The molecule has 0 aliphatic rings. The van der Waals surface area contributed by atoms with Crippen LogP contribution in [0.2, 0.25) is 0 Å². The van der Waals surface area contributed by atoms with Crippen LogP contribution in [0.25, 0.3) is 0 Å². The molecule has 0 radical (unpaired) electrons. The van der Waals surface area contributed by atoms with E-state index in [4.69, 9.17) is 14.2 Å². The van der Waals surface area contributed by atoms with E-state index in [0.717, 1.165) is 19.6 Å². The number of carbonyl (C=O) groups is 1. The Bertz CT molecular complexity index is 430. The van der Waals surface area contributed by atoms with Crippen molar-refractivity contribution in [3.63, 3.8) is 0 Å². The smallest absolute Gasteiger partial charge is 0.338 e. The van der Waals surface area contributed by atoms with Crippen LogP contribution in [0.3, 0.4) is 0 Å². The van der Waals surface area contributed by atoms with Crippen LogP contribution < -0.4 is 14.4 Å². The molecule has 5 heteroatoms. The zero-order valence-electron chi connectivity index (χ0n) is 12.7. The molecule has 0 aromatic heterocycles. The Morgan fingerprint density at radius 2 is 1.75 bits per heavy atom. The van der Waals surface area contributed by atoms with Crippen molar-refractivity contribution in [3.05, 3.63) is 23.8 Å². The van der Waals surface area contributed by atoms with Gasteiger partial charge in [0.15, 0.2) is 11.5 Å². The molecule has 0 heterocycles. The standard InChI is InChI=1S/C15H23NO4/c1-5-16(6-2)9-10-20-15(17)12-7-8-13(18-3)14(11-12)19-4/h7-8,11H,5-6,9-10H2,1-4H3/p+1. The van der Waals surface area contributed by atoms with Gasteiger partial charge in [0.2, 0.25) is 0 Å². The highest BCUT2D eigenvalue weighted by Gasteiger charge is 2.12. The molecule has 0 aliphatic carbocycles. The summed E-state index contributed by atoms with van der Waals surface area (Å²) in [5, 5.41) is 0. The van der Waals surface area contributed by atoms with Gasteiger partial charge >= 0.3 is 5.97 Å². The number of ether oxygens (including phenoxy) is 3. The van der Waals surface area contributed by atoms with E-state index in [2.05, 4.69) is 13.8 Å². The maximum Gasteiger partial charge on any atom is 0.338 e. The third-order valence-corrected chi connectivity index (χ3v) is 3.31. The van der Waals surface area contributed by atoms with Gasteiger partial charge in [-0.3, -0.25) is 0 Å². The fraction of sp³-hybridized carbons (Fsp3) is 0.533. The molecule has 20 heavy (non-hydrogen) atoms. The Balaban J connectivity index is 2.59. The Labute approximate surface area is 120 Å². The first-order chi connectivity index (χ1) is 9.65. The molecule has 0 saturated carbocycles. The fourth-order valence-electron chi connectivity index (χ4n) is 1.94. The minimum Gasteiger partial charge on any atom is -0.493 e. The Hall–Kier alpha value is -1.75. The predicted molar refractivity (Wildman–Crippen MR) is 76.7 cm³/mol. The van der Waals surface area contributed by atoms with Crippen molar-refractivity contribution >= 4 is 5.97 Å². The second-order valence-electron chi connectivity index (χ2n) is 4.41. The monoisotopic (exact) mass is 282 g/mol. The molecule has 1 aromatic rings. The van der Waals surface area contributed by atoms with E-state index in [9.17, 15) is 4.79 Å². The van der Waals surface area contributed by atoms with Crippen molar-refractivity contribution in [2.45, 2.75) is 13.8 Å². The Morgan fingerprint density at radius 1 is 1.10 bits per heavy atom. The molecule has 112 valence electrons. The van der Waals surface area contributed by atoms with Crippen molar-refractivity contribution in [2.75, 3.05) is 40.5 Å². The largest absolute Gasteiger partial charge is 0.493 e. The molecule has 0 fully saturated rings. The average Bonchev–Trinajstić information content (AvgIpc) is 2.50. The molecule has 0 aliphatic heterocycles. The highest BCUT2D eigenvalue weighted by molar-refractivity contribution is 5.90. The first-order valence-corrected chi connectivity index (χ1v) is 6.88. The first kappa shape index (κ1) is 16.3. The molecule has 0 atom stereocenters. The summed E-state index contributed by atoms with van der Waals surface area (Å²) < 4.78 is 15.6. The molecule has 5 nitrogen and oxygen atoms in total. The zero-order valence-corrected chi connectivity index (χ0v) is 12.7. The summed E-state index contributed by atoms with van der Waals surface area (Å²) in [6.07, 6.45) is 0.